The number of nitrogens with zero attached hydrogens (tertiary/aromatic N) is 1. The molecule has 0 spiro atoms. The average Bonchev–Trinajstić information content (AvgIpc) is 3.31. The number of aliphatic hydroxyl groups excluding tert-OH is 1. The van der Waals surface area contributed by atoms with Gasteiger partial charge in [-0.05, 0) is 42.7 Å². The van der Waals surface area contributed by atoms with Crippen LogP contribution in [0.5, 0.6) is 0 Å². The predicted molar refractivity (Wildman–Crippen MR) is 114 cm³/mol. The maximum atomic E-state index is 12.9. The van der Waals surface area contributed by atoms with Crippen molar-refractivity contribution in [2.24, 2.45) is 0 Å². The van der Waals surface area contributed by atoms with E-state index in [1.165, 1.54) is 4.90 Å². The van der Waals surface area contributed by atoms with Crippen molar-refractivity contribution in [3.63, 3.8) is 0 Å². The minimum Gasteiger partial charge on any atom is -0.507 e. The second kappa shape index (κ2) is 8.30. The Labute approximate surface area is 182 Å². The van der Waals surface area contributed by atoms with Crippen LogP contribution >= 0.6 is 27.5 Å². The molecule has 2 fully saturated rings. The summed E-state index contributed by atoms with van der Waals surface area (Å²) in [5.41, 5.74) is 1.27. The van der Waals surface area contributed by atoms with Gasteiger partial charge in [0.2, 0.25) is 0 Å². The monoisotopic (exact) mass is 475 g/mol. The van der Waals surface area contributed by atoms with Crippen molar-refractivity contribution in [3.8, 4) is 0 Å². The molecule has 0 saturated carbocycles. The summed E-state index contributed by atoms with van der Waals surface area (Å²) in [5, 5.41) is 11.5. The predicted octanol–water partition coefficient (Wildman–Crippen LogP) is 4.70. The van der Waals surface area contributed by atoms with Gasteiger partial charge >= 0.3 is 0 Å². The first-order valence-corrected chi connectivity index (χ1v) is 10.5. The molecular formula is C22H19BrClNO4. The lowest BCUT2D eigenvalue weighted by molar-refractivity contribution is -0.140. The smallest absolute Gasteiger partial charge is 0.295 e. The Morgan fingerprint density at radius 1 is 1.14 bits per heavy atom. The van der Waals surface area contributed by atoms with Gasteiger partial charge in [-0.1, -0.05) is 51.8 Å². The summed E-state index contributed by atoms with van der Waals surface area (Å²) >= 11 is 9.39. The third kappa shape index (κ3) is 3.97. The van der Waals surface area contributed by atoms with Gasteiger partial charge in [0.05, 0.1) is 17.7 Å². The molecule has 4 rings (SSSR count). The first kappa shape index (κ1) is 20.1. The largest absolute Gasteiger partial charge is 0.507 e. The van der Waals surface area contributed by atoms with Gasteiger partial charge in [0, 0.05) is 28.2 Å². The lowest BCUT2D eigenvalue weighted by Gasteiger charge is -2.27. The van der Waals surface area contributed by atoms with Gasteiger partial charge in [0.25, 0.3) is 11.7 Å². The molecule has 0 aromatic heterocycles. The maximum Gasteiger partial charge on any atom is 0.295 e. The van der Waals surface area contributed by atoms with Gasteiger partial charge in [-0.25, -0.2) is 0 Å². The highest BCUT2D eigenvalue weighted by Crippen LogP contribution is 2.40. The summed E-state index contributed by atoms with van der Waals surface area (Å²) < 4.78 is 6.53. The van der Waals surface area contributed by atoms with Crippen LogP contribution in [0.1, 0.15) is 30.0 Å². The van der Waals surface area contributed by atoms with Crippen molar-refractivity contribution >= 4 is 45.0 Å². The van der Waals surface area contributed by atoms with Crippen LogP contribution in [-0.2, 0) is 14.3 Å². The highest BCUT2D eigenvalue weighted by molar-refractivity contribution is 9.10. The molecule has 0 aliphatic carbocycles. The molecule has 7 heteroatoms. The number of Topliss-reactive ketones (excluding diaryl/α,β-unsaturated/α-hetero) is 1. The van der Waals surface area contributed by atoms with Crippen molar-refractivity contribution in [1.29, 1.82) is 0 Å². The average molecular weight is 477 g/mol. The van der Waals surface area contributed by atoms with E-state index >= 15 is 0 Å². The fraction of sp³-hybridized carbons (Fsp3) is 0.273. The highest BCUT2D eigenvalue weighted by atomic mass is 79.9. The zero-order valence-corrected chi connectivity index (χ0v) is 17.8. The van der Waals surface area contributed by atoms with Gasteiger partial charge in [-0.2, -0.15) is 0 Å². The van der Waals surface area contributed by atoms with Crippen molar-refractivity contribution in [2.45, 2.75) is 25.0 Å². The summed E-state index contributed by atoms with van der Waals surface area (Å²) in [6.07, 6.45) is 1.65. The standard InChI is InChI=1S/C22H19BrClNO4/c23-15-7-3-14(4-8-15)20(26)18-19(13-5-9-16(24)10-6-13)25(22(28)21(18)27)12-17-2-1-11-29-17/h3-10,17,19,26H,1-2,11-12H2/b20-18+. The van der Waals surface area contributed by atoms with E-state index in [0.29, 0.717) is 29.3 Å². The van der Waals surface area contributed by atoms with Crippen molar-refractivity contribution < 1.29 is 19.4 Å². The third-order valence-corrected chi connectivity index (χ3v) is 6.05. The number of benzene rings is 2. The number of rotatable bonds is 4. The summed E-state index contributed by atoms with van der Waals surface area (Å²) in [6, 6.07) is 13.2. The molecule has 2 saturated heterocycles. The second-order valence-corrected chi connectivity index (χ2v) is 8.50. The Hall–Kier alpha value is -2.15. The van der Waals surface area contributed by atoms with Crippen LogP contribution in [0, 0.1) is 0 Å². The zero-order valence-electron chi connectivity index (χ0n) is 15.5. The van der Waals surface area contributed by atoms with E-state index < -0.39 is 17.7 Å². The van der Waals surface area contributed by atoms with E-state index in [2.05, 4.69) is 15.9 Å². The SMILES string of the molecule is O=C1C(=O)N(CC2CCCO2)C(c2ccc(Cl)cc2)/C1=C(\O)c1ccc(Br)cc1. The molecule has 2 atom stereocenters. The summed E-state index contributed by atoms with van der Waals surface area (Å²) in [5.74, 6) is -1.51. The summed E-state index contributed by atoms with van der Waals surface area (Å²) in [6.45, 7) is 0.952. The molecular weight excluding hydrogens is 458 g/mol. The maximum absolute atomic E-state index is 12.9. The van der Waals surface area contributed by atoms with E-state index in [-0.39, 0.29) is 17.4 Å². The number of amides is 1. The van der Waals surface area contributed by atoms with Crippen molar-refractivity contribution in [2.75, 3.05) is 13.2 Å². The fourth-order valence-electron chi connectivity index (χ4n) is 3.83. The van der Waals surface area contributed by atoms with Gasteiger partial charge in [-0.3, -0.25) is 9.59 Å². The number of carbonyl (C=O) groups excluding carboxylic acids is 2. The third-order valence-electron chi connectivity index (χ3n) is 5.27. The highest BCUT2D eigenvalue weighted by Gasteiger charge is 2.47. The number of likely N-dealkylation sites (tertiary alicyclic amines) is 1. The quantitative estimate of drug-likeness (QED) is 0.394. The van der Waals surface area contributed by atoms with E-state index in [4.69, 9.17) is 16.3 Å². The molecule has 2 aromatic carbocycles. The van der Waals surface area contributed by atoms with Gasteiger partial charge < -0.3 is 14.7 Å². The zero-order chi connectivity index (χ0) is 20.5. The molecule has 29 heavy (non-hydrogen) atoms. The van der Waals surface area contributed by atoms with Crippen LogP contribution < -0.4 is 0 Å². The number of halogens is 2. The fourth-order valence-corrected chi connectivity index (χ4v) is 4.22. The Bertz CT molecular complexity index is 965. The summed E-state index contributed by atoms with van der Waals surface area (Å²) in [7, 11) is 0. The Kier molecular flexibility index (Phi) is 5.76. The van der Waals surface area contributed by atoms with Crippen LogP contribution in [0.2, 0.25) is 5.02 Å². The van der Waals surface area contributed by atoms with Crippen LogP contribution in [0.25, 0.3) is 5.76 Å². The molecule has 2 unspecified atom stereocenters. The van der Waals surface area contributed by atoms with E-state index in [9.17, 15) is 14.7 Å². The number of ketones is 1. The second-order valence-electron chi connectivity index (χ2n) is 7.14. The van der Waals surface area contributed by atoms with Crippen LogP contribution in [0.15, 0.2) is 58.6 Å². The van der Waals surface area contributed by atoms with Crippen molar-refractivity contribution in [1.82, 2.24) is 4.90 Å². The van der Waals surface area contributed by atoms with Gasteiger partial charge in [0.15, 0.2) is 0 Å². The number of ether oxygens (including phenoxy) is 1. The first-order valence-electron chi connectivity index (χ1n) is 9.37. The van der Waals surface area contributed by atoms with Crippen LogP contribution in [-0.4, -0.2) is 41.0 Å². The number of carbonyl (C=O) groups is 2. The van der Waals surface area contributed by atoms with Gasteiger partial charge in [0.1, 0.15) is 5.76 Å². The number of hydrogen-bond donors (Lipinski definition) is 1. The minimum atomic E-state index is -0.694. The summed E-state index contributed by atoms with van der Waals surface area (Å²) in [4.78, 5) is 27.3. The molecule has 0 radical (unpaired) electrons. The Balaban J connectivity index is 1.81. The van der Waals surface area contributed by atoms with Crippen molar-refractivity contribution in [3.05, 3.63) is 74.7 Å². The molecule has 2 aliphatic heterocycles. The Morgan fingerprint density at radius 2 is 1.83 bits per heavy atom. The minimum absolute atomic E-state index is 0.0811. The Morgan fingerprint density at radius 3 is 2.45 bits per heavy atom. The molecule has 5 nitrogen and oxygen atoms in total. The molecule has 0 bridgehead atoms. The number of aliphatic hydroxyl groups is 1. The molecule has 2 heterocycles. The van der Waals surface area contributed by atoms with Crippen LogP contribution in [0.4, 0.5) is 0 Å². The molecule has 2 aliphatic rings. The molecule has 1 amide bonds. The molecule has 1 N–H and O–H groups in total. The van der Waals surface area contributed by atoms with Gasteiger partial charge in [-0.15, -0.1) is 0 Å². The normalized spacial score (nSPS) is 23.7. The van der Waals surface area contributed by atoms with E-state index in [1.54, 1.807) is 48.5 Å². The first-order chi connectivity index (χ1) is 14.0. The van der Waals surface area contributed by atoms with Crippen LogP contribution in [0.3, 0.4) is 0 Å². The molecule has 150 valence electrons. The topological polar surface area (TPSA) is 66.8 Å². The lowest BCUT2D eigenvalue weighted by atomic mass is 9.95. The lowest BCUT2D eigenvalue weighted by Crippen LogP contribution is -2.36. The number of hydrogen-bond acceptors (Lipinski definition) is 4. The van der Waals surface area contributed by atoms with E-state index in [0.717, 1.165) is 17.3 Å². The van der Waals surface area contributed by atoms with E-state index in [1.807, 2.05) is 0 Å². The molecule has 2 aromatic rings.